The van der Waals surface area contributed by atoms with Crippen molar-refractivity contribution in [3.05, 3.63) is 0 Å². The Bertz CT molecular complexity index is 321. The number of amides is 1. The number of carbonyl (C=O) groups excluding carboxylic acids is 1. The zero-order valence-electron chi connectivity index (χ0n) is 11.3. The van der Waals surface area contributed by atoms with Crippen LogP contribution in [0.1, 0.15) is 27.2 Å². The molecule has 0 aromatic carbocycles. The quantitative estimate of drug-likeness (QED) is 0.729. The van der Waals surface area contributed by atoms with Gasteiger partial charge in [-0.1, -0.05) is 22.9 Å². The summed E-state index contributed by atoms with van der Waals surface area (Å²) in [4.78, 5) is 14.4. The fourth-order valence-corrected chi connectivity index (χ4v) is 3.07. The molecule has 5 heteroatoms. The van der Waals surface area contributed by atoms with Crippen LogP contribution in [0.3, 0.4) is 0 Å². The third-order valence-corrected chi connectivity index (χ3v) is 4.32. The number of carbonyl (C=O) groups is 1. The zero-order chi connectivity index (χ0) is 13.3. The first-order valence-corrected chi connectivity index (χ1v) is 7.69. The molecular formula is C13H22BrNO3. The molecule has 0 spiro atoms. The van der Waals surface area contributed by atoms with Gasteiger partial charge in [0.2, 0.25) is 0 Å². The van der Waals surface area contributed by atoms with Gasteiger partial charge in [0, 0.05) is 25.0 Å². The molecule has 1 amide bonds. The van der Waals surface area contributed by atoms with Crippen molar-refractivity contribution in [3.63, 3.8) is 0 Å². The lowest BCUT2D eigenvalue weighted by Crippen LogP contribution is -2.57. The highest BCUT2D eigenvalue weighted by Crippen LogP contribution is 2.27. The average molecular weight is 320 g/mol. The van der Waals surface area contributed by atoms with Gasteiger partial charge in [0.25, 0.3) is 5.91 Å². The van der Waals surface area contributed by atoms with Crippen molar-refractivity contribution in [3.8, 4) is 0 Å². The second-order valence-electron chi connectivity index (χ2n) is 5.93. The van der Waals surface area contributed by atoms with E-state index in [1.807, 2.05) is 18.7 Å². The molecule has 18 heavy (non-hydrogen) atoms. The van der Waals surface area contributed by atoms with Crippen LogP contribution >= 0.6 is 15.9 Å². The van der Waals surface area contributed by atoms with Crippen LogP contribution in [-0.2, 0) is 14.3 Å². The summed E-state index contributed by atoms with van der Waals surface area (Å²) in [5.41, 5.74) is -0.284. The smallest absolute Gasteiger partial charge is 0.252 e. The van der Waals surface area contributed by atoms with Crippen molar-refractivity contribution >= 4 is 21.8 Å². The van der Waals surface area contributed by atoms with Crippen LogP contribution in [0.5, 0.6) is 0 Å². The van der Waals surface area contributed by atoms with E-state index in [0.29, 0.717) is 25.6 Å². The van der Waals surface area contributed by atoms with E-state index in [-0.39, 0.29) is 23.7 Å². The maximum absolute atomic E-state index is 12.5. The topological polar surface area (TPSA) is 38.8 Å². The Kier molecular flexibility index (Phi) is 4.34. The molecule has 2 rings (SSSR count). The van der Waals surface area contributed by atoms with Crippen molar-refractivity contribution in [1.29, 1.82) is 0 Å². The standard InChI is InChI=1S/C13H22BrNO3/c1-9-4-5-17-11(9)12(16)15-7-10(6-14)18-13(2,3)8-15/h9-11H,4-8H2,1-3H3. The number of alkyl halides is 1. The Labute approximate surface area is 117 Å². The van der Waals surface area contributed by atoms with E-state index >= 15 is 0 Å². The zero-order valence-corrected chi connectivity index (χ0v) is 12.9. The molecule has 2 heterocycles. The molecule has 3 unspecified atom stereocenters. The summed E-state index contributed by atoms with van der Waals surface area (Å²) in [7, 11) is 0. The van der Waals surface area contributed by atoms with Crippen LogP contribution in [0.25, 0.3) is 0 Å². The third-order valence-electron chi connectivity index (χ3n) is 3.60. The molecule has 0 aliphatic carbocycles. The maximum Gasteiger partial charge on any atom is 0.252 e. The van der Waals surface area contributed by atoms with Crippen LogP contribution in [0.2, 0.25) is 0 Å². The Morgan fingerprint density at radius 3 is 2.78 bits per heavy atom. The first-order valence-electron chi connectivity index (χ1n) is 6.57. The highest BCUT2D eigenvalue weighted by Gasteiger charge is 2.40. The summed E-state index contributed by atoms with van der Waals surface area (Å²) in [6.07, 6.45) is 0.788. The van der Waals surface area contributed by atoms with E-state index in [1.165, 1.54) is 0 Å². The lowest BCUT2D eigenvalue weighted by Gasteiger charge is -2.43. The van der Waals surface area contributed by atoms with Gasteiger partial charge >= 0.3 is 0 Å². The van der Waals surface area contributed by atoms with Gasteiger partial charge in [-0.15, -0.1) is 0 Å². The maximum atomic E-state index is 12.5. The normalized spacial score (nSPS) is 35.8. The van der Waals surface area contributed by atoms with E-state index in [0.717, 1.165) is 11.8 Å². The predicted molar refractivity (Wildman–Crippen MR) is 72.8 cm³/mol. The fraction of sp³-hybridized carbons (Fsp3) is 0.923. The van der Waals surface area contributed by atoms with Crippen LogP contribution in [0.4, 0.5) is 0 Å². The Balaban J connectivity index is 2.05. The molecule has 3 atom stereocenters. The van der Waals surface area contributed by atoms with Crippen LogP contribution in [0, 0.1) is 5.92 Å². The number of halogens is 1. The largest absolute Gasteiger partial charge is 0.368 e. The Morgan fingerprint density at radius 1 is 1.50 bits per heavy atom. The van der Waals surface area contributed by atoms with Gasteiger partial charge in [-0.25, -0.2) is 0 Å². The van der Waals surface area contributed by atoms with Crippen LogP contribution in [0.15, 0.2) is 0 Å². The molecule has 0 saturated carbocycles. The number of ether oxygens (including phenoxy) is 2. The molecule has 104 valence electrons. The number of nitrogens with zero attached hydrogens (tertiary/aromatic N) is 1. The van der Waals surface area contributed by atoms with Gasteiger partial charge in [0.15, 0.2) is 0 Å². The minimum absolute atomic E-state index is 0.0643. The molecule has 2 saturated heterocycles. The first kappa shape index (κ1) is 14.3. The van der Waals surface area contributed by atoms with Gasteiger partial charge in [0.1, 0.15) is 6.10 Å². The van der Waals surface area contributed by atoms with Crippen molar-refractivity contribution in [2.75, 3.05) is 25.0 Å². The summed E-state index contributed by atoms with van der Waals surface area (Å²) in [5, 5.41) is 0.751. The lowest BCUT2D eigenvalue weighted by atomic mass is 10.0. The van der Waals surface area contributed by atoms with Gasteiger partial charge in [0.05, 0.1) is 11.7 Å². The second kappa shape index (κ2) is 5.47. The van der Waals surface area contributed by atoms with Crippen molar-refractivity contribution in [2.45, 2.75) is 45.0 Å². The predicted octanol–water partition coefficient (Wildman–Crippen LogP) is 1.81. The highest BCUT2D eigenvalue weighted by atomic mass is 79.9. The van der Waals surface area contributed by atoms with E-state index in [2.05, 4.69) is 22.9 Å². The number of hydrogen-bond acceptors (Lipinski definition) is 3. The minimum atomic E-state index is -0.284. The molecule has 2 aliphatic rings. The molecule has 2 fully saturated rings. The minimum Gasteiger partial charge on any atom is -0.368 e. The molecule has 0 bridgehead atoms. The third kappa shape index (κ3) is 3.06. The summed E-state index contributed by atoms with van der Waals surface area (Å²) in [6, 6.07) is 0. The molecule has 2 aliphatic heterocycles. The monoisotopic (exact) mass is 319 g/mol. The van der Waals surface area contributed by atoms with Gasteiger partial charge in [-0.2, -0.15) is 0 Å². The molecule has 0 aromatic heterocycles. The van der Waals surface area contributed by atoms with Crippen molar-refractivity contribution in [2.24, 2.45) is 5.92 Å². The van der Waals surface area contributed by atoms with E-state index in [4.69, 9.17) is 9.47 Å². The molecule has 4 nitrogen and oxygen atoms in total. The fourth-order valence-electron chi connectivity index (χ4n) is 2.74. The Hall–Kier alpha value is -0.130. The number of rotatable bonds is 2. The Morgan fingerprint density at radius 2 is 2.22 bits per heavy atom. The van der Waals surface area contributed by atoms with Gasteiger partial charge in [-0.05, 0) is 26.2 Å². The van der Waals surface area contributed by atoms with E-state index in [1.54, 1.807) is 0 Å². The van der Waals surface area contributed by atoms with Crippen molar-refractivity contribution < 1.29 is 14.3 Å². The number of morpholine rings is 1. The second-order valence-corrected chi connectivity index (χ2v) is 6.58. The van der Waals surface area contributed by atoms with E-state index < -0.39 is 0 Å². The van der Waals surface area contributed by atoms with Crippen LogP contribution < -0.4 is 0 Å². The molecule has 0 N–H and O–H groups in total. The van der Waals surface area contributed by atoms with Crippen molar-refractivity contribution in [1.82, 2.24) is 4.90 Å². The first-order chi connectivity index (χ1) is 8.43. The van der Waals surface area contributed by atoms with Crippen LogP contribution in [-0.4, -0.2) is 53.6 Å². The average Bonchev–Trinajstić information content (AvgIpc) is 2.72. The summed E-state index contributed by atoms with van der Waals surface area (Å²) in [5.74, 6) is 0.452. The lowest BCUT2D eigenvalue weighted by molar-refractivity contribution is -0.166. The van der Waals surface area contributed by atoms with Gasteiger partial charge < -0.3 is 14.4 Å². The number of hydrogen-bond donors (Lipinski definition) is 0. The summed E-state index contributed by atoms with van der Waals surface area (Å²) in [6.45, 7) is 8.14. The SMILES string of the molecule is CC1CCOC1C(=O)N1CC(CBr)OC(C)(C)C1. The van der Waals surface area contributed by atoms with E-state index in [9.17, 15) is 4.79 Å². The van der Waals surface area contributed by atoms with Gasteiger partial charge in [-0.3, -0.25) is 4.79 Å². The molecule has 0 radical (unpaired) electrons. The molecule has 0 aromatic rings. The molecular weight excluding hydrogens is 298 g/mol. The summed E-state index contributed by atoms with van der Waals surface area (Å²) >= 11 is 3.44. The highest BCUT2D eigenvalue weighted by molar-refractivity contribution is 9.09. The summed E-state index contributed by atoms with van der Waals surface area (Å²) < 4.78 is 11.5.